The van der Waals surface area contributed by atoms with Gasteiger partial charge in [0, 0.05) is 31.7 Å². The van der Waals surface area contributed by atoms with Crippen LogP contribution in [0.25, 0.3) is 0 Å². The van der Waals surface area contributed by atoms with Crippen LogP contribution in [0.4, 0.5) is 0 Å². The van der Waals surface area contributed by atoms with E-state index in [2.05, 4.69) is 42.6 Å². The zero-order valence-electron chi connectivity index (χ0n) is 13.8. The highest BCUT2D eigenvalue weighted by Crippen LogP contribution is 2.06. The molecule has 0 radical (unpaired) electrons. The third-order valence-electron chi connectivity index (χ3n) is 3.58. The van der Waals surface area contributed by atoms with Crippen LogP contribution in [0.2, 0.25) is 0 Å². The molecule has 1 aromatic rings. The van der Waals surface area contributed by atoms with Crippen molar-refractivity contribution in [2.45, 2.75) is 46.3 Å². The van der Waals surface area contributed by atoms with Crippen molar-refractivity contribution < 1.29 is 9.53 Å². The van der Waals surface area contributed by atoms with E-state index in [0.29, 0.717) is 17.6 Å². The van der Waals surface area contributed by atoms with Crippen LogP contribution in [0, 0.1) is 0 Å². The molecule has 0 aliphatic carbocycles. The average molecular weight is 292 g/mol. The number of carbonyl (C=O) groups excluding carboxylic acids is 1. The molecule has 1 N–H and O–H groups in total. The number of hydrogen-bond donors (Lipinski definition) is 1. The summed E-state index contributed by atoms with van der Waals surface area (Å²) in [4.78, 5) is 13.8. The van der Waals surface area contributed by atoms with Crippen LogP contribution in [-0.2, 0) is 11.3 Å². The number of nitrogens with zero attached hydrogens (tertiary/aromatic N) is 1. The Morgan fingerprint density at radius 1 is 1.14 bits per heavy atom. The van der Waals surface area contributed by atoms with Gasteiger partial charge >= 0.3 is 5.97 Å². The van der Waals surface area contributed by atoms with Gasteiger partial charge in [0.05, 0.1) is 12.7 Å². The van der Waals surface area contributed by atoms with E-state index >= 15 is 0 Å². The predicted octanol–water partition coefficient (Wildman–Crippen LogP) is 2.68. The molecule has 4 heteroatoms. The van der Waals surface area contributed by atoms with Crippen LogP contribution in [0.3, 0.4) is 0 Å². The van der Waals surface area contributed by atoms with Crippen LogP contribution in [-0.4, -0.2) is 43.2 Å². The third-order valence-corrected chi connectivity index (χ3v) is 3.58. The van der Waals surface area contributed by atoms with E-state index in [0.717, 1.165) is 19.6 Å². The molecule has 0 saturated heterocycles. The van der Waals surface area contributed by atoms with Gasteiger partial charge in [-0.25, -0.2) is 4.79 Å². The molecule has 0 spiro atoms. The van der Waals surface area contributed by atoms with E-state index in [1.807, 2.05) is 12.1 Å². The number of benzene rings is 1. The molecular weight excluding hydrogens is 264 g/mol. The van der Waals surface area contributed by atoms with E-state index in [4.69, 9.17) is 0 Å². The summed E-state index contributed by atoms with van der Waals surface area (Å²) in [6, 6.07) is 8.65. The van der Waals surface area contributed by atoms with E-state index in [1.54, 1.807) is 12.1 Å². The number of nitrogens with one attached hydrogen (secondary N) is 1. The summed E-state index contributed by atoms with van der Waals surface area (Å²) < 4.78 is 4.69. The largest absolute Gasteiger partial charge is 0.465 e. The number of methoxy groups -OCH3 is 1. The van der Waals surface area contributed by atoms with E-state index in [9.17, 15) is 4.79 Å². The first-order valence-corrected chi connectivity index (χ1v) is 7.59. The second-order valence-corrected chi connectivity index (χ2v) is 5.79. The monoisotopic (exact) mass is 292 g/mol. The maximum Gasteiger partial charge on any atom is 0.337 e. The zero-order chi connectivity index (χ0) is 15.8. The first-order chi connectivity index (χ1) is 9.95. The summed E-state index contributed by atoms with van der Waals surface area (Å²) in [5.74, 6) is -0.293. The number of ether oxygens (including phenoxy) is 1. The fraction of sp³-hybridized carbons (Fsp3) is 0.588. The second kappa shape index (κ2) is 8.80. The Hall–Kier alpha value is -1.39. The van der Waals surface area contributed by atoms with Crippen molar-refractivity contribution in [2.24, 2.45) is 0 Å². The zero-order valence-corrected chi connectivity index (χ0v) is 13.8. The molecule has 0 saturated carbocycles. The van der Waals surface area contributed by atoms with Crippen molar-refractivity contribution in [2.75, 3.05) is 20.2 Å². The Bertz CT molecular complexity index is 419. The number of rotatable bonds is 8. The maximum atomic E-state index is 11.3. The summed E-state index contributed by atoms with van der Waals surface area (Å²) in [5.41, 5.74) is 1.76. The van der Waals surface area contributed by atoms with Gasteiger partial charge in [-0.3, -0.25) is 4.90 Å². The molecule has 0 atom stereocenters. The normalized spacial score (nSPS) is 11.4. The standard InChI is InChI=1S/C17H28N2O2/c1-13(2)19(14(3)4)11-10-18-12-15-6-8-16(9-7-15)17(20)21-5/h6-9,13-14,18H,10-12H2,1-5H3. The van der Waals surface area contributed by atoms with Gasteiger partial charge in [-0.15, -0.1) is 0 Å². The highest BCUT2D eigenvalue weighted by atomic mass is 16.5. The summed E-state index contributed by atoms with van der Waals surface area (Å²) in [7, 11) is 1.40. The van der Waals surface area contributed by atoms with Gasteiger partial charge in [-0.05, 0) is 45.4 Å². The van der Waals surface area contributed by atoms with Gasteiger partial charge in [0.25, 0.3) is 0 Å². The minimum atomic E-state index is -0.293. The number of esters is 1. The van der Waals surface area contributed by atoms with Crippen LogP contribution >= 0.6 is 0 Å². The van der Waals surface area contributed by atoms with Crippen LogP contribution in [0.15, 0.2) is 24.3 Å². The topological polar surface area (TPSA) is 41.6 Å². The first kappa shape index (κ1) is 17.7. The van der Waals surface area contributed by atoms with E-state index < -0.39 is 0 Å². The molecule has 0 aliphatic heterocycles. The molecular formula is C17H28N2O2. The van der Waals surface area contributed by atoms with Gasteiger partial charge < -0.3 is 10.1 Å². The average Bonchev–Trinajstić information content (AvgIpc) is 2.46. The van der Waals surface area contributed by atoms with Gasteiger partial charge in [-0.2, -0.15) is 0 Å². The second-order valence-electron chi connectivity index (χ2n) is 5.79. The maximum absolute atomic E-state index is 11.3. The lowest BCUT2D eigenvalue weighted by molar-refractivity contribution is 0.0600. The Morgan fingerprint density at radius 3 is 2.19 bits per heavy atom. The van der Waals surface area contributed by atoms with Gasteiger partial charge in [0.1, 0.15) is 0 Å². The Balaban J connectivity index is 2.37. The molecule has 0 unspecified atom stereocenters. The summed E-state index contributed by atoms with van der Waals surface area (Å²) >= 11 is 0. The molecule has 1 aromatic carbocycles. The molecule has 21 heavy (non-hydrogen) atoms. The lowest BCUT2D eigenvalue weighted by Crippen LogP contribution is -2.41. The minimum absolute atomic E-state index is 0.293. The fourth-order valence-corrected chi connectivity index (χ4v) is 2.43. The van der Waals surface area contributed by atoms with E-state index in [1.165, 1.54) is 12.7 Å². The number of carbonyl (C=O) groups is 1. The Labute approximate surface area is 128 Å². The van der Waals surface area contributed by atoms with Crippen molar-refractivity contribution in [1.29, 1.82) is 0 Å². The lowest BCUT2D eigenvalue weighted by atomic mass is 10.1. The Morgan fingerprint density at radius 2 is 1.71 bits per heavy atom. The smallest absolute Gasteiger partial charge is 0.337 e. The van der Waals surface area contributed by atoms with Crippen molar-refractivity contribution in [3.63, 3.8) is 0 Å². The predicted molar refractivity (Wildman–Crippen MR) is 86.5 cm³/mol. The fourth-order valence-electron chi connectivity index (χ4n) is 2.43. The van der Waals surface area contributed by atoms with E-state index in [-0.39, 0.29) is 5.97 Å². The van der Waals surface area contributed by atoms with Crippen LogP contribution in [0.5, 0.6) is 0 Å². The summed E-state index contributed by atoms with van der Waals surface area (Å²) in [6.07, 6.45) is 0. The van der Waals surface area contributed by atoms with Crippen molar-refractivity contribution in [3.05, 3.63) is 35.4 Å². The first-order valence-electron chi connectivity index (χ1n) is 7.59. The van der Waals surface area contributed by atoms with Gasteiger partial charge in [0.15, 0.2) is 0 Å². The Kier molecular flexibility index (Phi) is 7.40. The quantitative estimate of drug-likeness (QED) is 0.591. The van der Waals surface area contributed by atoms with Crippen LogP contribution < -0.4 is 5.32 Å². The van der Waals surface area contributed by atoms with Crippen molar-refractivity contribution in [1.82, 2.24) is 10.2 Å². The van der Waals surface area contributed by atoms with Crippen LogP contribution in [0.1, 0.15) is 43.6 Å². The van der Waals surface area contributed by atoms with Gasteiger partial charge in [-0.1, -0.05) is 12.1 Å². The SMILES string of the molecule is COC(=O)c1ccc(CNCCN(C(C)C)C(C)C)cc1. The highest BCUT2D eigenvalue weighted by Gasteiger charge is 2.12. The molecule has 4 nitrogen and oxygen atoms in total. The number of hydrogen-bond acceptors (Lipinski definition) is 4. The molecule has 1 rings (SSSR count). The molecule has 0 bridgehead atoms. The van der Waals surface area contributed by atoms with Crippen molar-refractivity contribution >= 4 is 5.97 Å². The highest BCUT2D eigenvalue weighted by molar-refractivity contribution is 5.89. The summed E-state index contributed by atoms with van der Waals surface area (Å²) in [5, 5.41) is 3.45. The van der Waals surface area contributed by atoms with Crippen molar-refractivity contribution in [3.8, 4) is 0 Å². The molecule has 118 valence electrons. The minimum Gasteiger partial charge on any atom is -0.465 e. The molecule has 0 heterocycles. The molecule has 0 fully saturated rings. The lowest BCUT2D eigenvalue weighted by Gasteiger charge is -2.30. The third kappa shape index (κ3) is 5.86. The summed E-state index contributed by atoms with van der Waals surface area (Å²) in [6.45, 7) is 11.7. The molecule has 0 amide bonds. The molecule has 0 aliphatic rings. The molecule has 0 aromatic heterocycles. The van der Waals surface area contributed by atoms with Gasteiger partial charge in [0.2, 0.25) is 0 Å².